The molecule has 23 heavy (non-hydrogen) atoms. The molecule has 0 aliphatic heterocycles. The number of hydrogen-bond acceptors (Lipinski definition) is 4. The molecule has 3 aromatic rings. The van der Waals surface area contributed by atoms with Crippen LogP contribution in [0.5, 0.6) is 0 Å². The van der Waals surface area contributed by atoms with Gasteiger partial charge in [0.2, 0.25) is 5.91 Å². The van der Waals surface area contributed by atoms with Gasteiger partial charge in [0.25, 0.3) is 0 Å². The number of carbonyl (C=O) groups is 1. The maximum absolute atomic E-state index is 12.3. The van der Waals surface area contributed by atoms with Crippen molar-refractivity contribution in [1.29, 1.82) is 0 Å². The molecule has 0 saturated carbocycles. The van der Waals surface area contributed by atoms with Crippen LogP contribution in [0.3, 0.4) is 0 Å². The number of carbonyl (C=O) groups excluding carboxylic acids is 1. The number of fused-ring (bicyclic) bond motifs is 1. The highest BCUT2D eigenvalue weighted by Crippen LogP contribution is 2.27. The van der Waals surface area contributed by atoms with E-state index in [4.69, 9.17) is 16.0 Å². The molecule has 6 nitrogen and oxygen atoms in total. The number of anilines is 1. The second-order valence-electron chi connectivity index (χ2n) is 5.27. The normalized spacial score (nSPS) is 10.9. The Hall–Kier alpha value is -2.60. The van der Waals surface area contributed by atoms with E-state index >= 15 is 0 Å². The summed E-state index contributed by atoms with van der Waals surface area (Å²) in [6.07, 6.45) is 1.53. The minimum atomic E-state index is -0.624. The summed E-state index contributed by atoms with van der Waals surface area (Å²) in [6.45, 7) is 3.58. The van der Waals surface area contributed by atoms with Crippen molar-refractivity contribution in [3.63, 3.8) is 0 Å². The molecule has 0 aliphatic rings. The van der Waals surface area contributed by atoms with Gasteiger partial charge in [0.05, 0.1) is 10.7 Å². The van der Waals surface area contributed by atoms with Crippen LogP contribution in [0.4, 0.5) is 5.69 Å². The van der Waals surface area contributed by atoms with Crippen molar-refractivity contribution >= 4 is 34.4 Å². The van der Waals surface area contributed by atoms with Crippen LogP contribution in [0, 0.1) is 13.8 Å². The Morgan fingerprint density at radius 2 is 2.17 bits per heavy atom. The molecule has 2 aromatic heterocycles. The number of nitrogens with one attached hydrogen (secondary N) is 1. The monoisotopic (exact) mass is 331 g/mol. The quantitative estimate of drug-likeness (QED) is 0.800. The summed E-state index contributed by atoms with van der Waals surface area (Å²) < 4.78 is 6.23. The molecule has 0 radical (unpaired) electrons. The molecule has 0 fully saturated rings. The van der Waals surface area contributed by atoms with Gasteiger partial charge < -0.3 is 9.73 Å². The average molecular weight is 332 g/mol. The number of aryl methyl sites for hydroxylation is 2. The first-order valence-corrected chi connectivity index (χ1v) is 7.34. The standard InChI is InChI=1S/C16H14ClN3O3/c1-9-6-10(2)14(11(17)7-9)19-13(21)8-20-15-12(23-16(20)22)4-3-5-18-15/h3-7H,8H2,1-2H3,(H,19,21). The molecule has 0 saturated heterocycles. The molecule has 1 aromatic carbocycles. The molecule has 0 spiro atoms. The maximum atomic E-state index is 12.3. The third kappa shape index (κ3) is 2.98. The molecule has 1 N–H and O–H groups in total. The van der Waals surface area contributed by atoms with Crippen LogP contribution in [0.25, 0.3) is 11.2 Å². The average Bonchev–Trinajstić information content (AvgIpc) is 2.79. The Morgan fingerprint density at radius 3 is 2.91 bits per heavy atom. The van der Waals surface area contributed by atoms with E-state index in [-0.39, 0.29) is 12.5 Å². The third-order valence-electron chi connectivity index (χ3n) is 3.42. The van der Waals surface area contributed by atoms with E-state index in [1.807, 2.05) is 19.9 Å². The van der Waals surface area contributed by atoms with Crippen molar-refractivity contribution in [2.75, 3.05) is 5.32 Å². The van der Waals surface area contributed by atoms with Crippen LogP contribution in [-0.2, 0) is 11.3 Å². The number of rotatable bonds is 3. The van der Waals surface area contributed by atoms with Crippen molar-refractivity contribution in [3.8, 4) is 0 Å². The summed E-state index contributed by atoms with van der Waals surface area (Å²) in [7, 11) is 0. The van der Waals surface area contributed by atoms with Crippen LogP contribution in [0.15, 0.2) is 39.7 Å². The molecule has 0 aliphatic carbocycles. The zero-order valence-electron chi connectivity index (χ0n) is 12.6. The Kier molecular flexibility index (Phi) is 3.92. The van der Waals surface area contributed by atoms with Crippen LogP contribution in [0.2, 0.25) is 5.02 Å². The molecule has 118 valence electrons. The second kappa shape index (κ2) is 5.89. The van der Waals surface area contributed by atoms with E-state index in [1.165, 1.54) is 10.8 Å². The summed E-state index contributed by atoms with van der Waals surface area (Å²) >= 11 is 6.17. The van der Waals surface area contributed by atoms with Gasteiger partial charge in [-0.2, -0.15) is 0 Å². The number of hydrogen-bond donors (Lipinski definition) is 1. The molecule has 2 heterocycles. The molecule has 7 heteroatoms. The lowest BCUT2D eigenvalue weighted by molar-refractivity contribution is -0.116. The largest absolute Gasteiger partial charge is 0.421 e. The van der Waals surface area contributed by atoms with Crippen molar-refractivity contribution in [2.45, 2.75) is 20.4 Å². The van der Waals surface area contributed by atoms with Gasteiger partial charge in [-0.3, -0.25) is 4.79 Å². The number of oxazole rings is 1. The highest BCUT2D eigenvalue weighted by atomic mass is 35.5. The smallest absolute Gasteiger partial charge is 0.406 e. The number of nitrogens with zero attached hydrogens (tertiary/aromatic N) is 2. The first kappa shape index (κ1) is 15.3. The Balaban J connectivity index is 1.88. The Labute approximate surface area is 136 Å². The molecule has 0 bridgehead atoms. The summed E-state index contributed by atoms with van der Waals surface area (Å²) in [6, 6.07) is 6.97. The molecular weight excluding hydrogens is 318 g/mol. The van der Waals surface area contributed by atoms with Crippen LogP contribution < -0.4 is 11.1 Å². The molecular formula is C16H14ClN3O3. The topological polar surface area (TPSA) is 77.1 Å². The van der Waals surface area contributed by atoms with E-state index in [2.05, 4.69) is 10.3 Å². The first-order valence-electron chi connectivity index (χ1n) is 6.96. The lowest BCUT2D eigenvalue weighted by atomic mass is 10.1. The van der Waals surface area contributed by atoms with E-state index in [0.29, 0.717) is 21.9 Å². The Bertz CT molecular complexity index is 936. The summed E-state index contributed by atoms with van der Waals surface area (Å²) in [5.41, 5.74) is 3.07. The molecule has 0 atom stereocenters. The highest BCUT2D eigenvalue weighted by Gasteiger charge is 2.15. The van der Waals surface area contributed by atoms with Gasteiger partial charge in [0.15, 0.2) is 11.2 Å². The van der Waals surface area contributed by atoms with Gasteiger partial charge in [-0.15, -0.1) is 0 Å². The summed E-state index contributed by atoms with van der Waals surface area (Å²) in [5.74, 6) is -1.00. The van der Waals surface area contributed by atoms with Gasteiger partial charge in [0.1, 0.15) is 6.54 Å². The maximum Gasteiger partial charge on any atom is 0.421 e. The molecule has 3 rings (SSSR count). The Morgan fingerprint density at radius 1 is 1.39 bits per heavy atom. The predicted octanol–water partition coefficient (Wildman–Crippen LogP) is 2.90. The van der Waals surface area contributed by atoms with Gasteiger partial charge in [-0.25, -0.2) is 14.3 Å². The number of aromatic nitrogens is 2. The van der Waals surface area contributed by atoms with Crippen LogP contribution in [0.1, 0.15) is 11.1 Å². The van der Waals surface area contributed by atoms with Gasteiger partial charge in [-0.1, -0.05) is 17.7 Å². The lowest BCUT2D eigenvalue weighted by Crippen LogP contribution is -2.25. The predicted molar refractivity (Wildman–Crippen MR) is 87.8 cm³/mol. The zero-order chi connectivity index (χ0) is 16.6. The van der Waals surface area contributed by atoms with Gasteiger partial charge >= 0.3 is 5.76 Å². The fourth-order valence-corrected chi connectivity index (χ4v) is 2.80. The van der Waals surface area contributed by atoms with E-state index in [9.17, 15) is 9.59 Å². The minimum Gasteiger partial charge on any atom is -0.406 e. The number of halogens is 1. The third-order valence-corrected chi connectivity index (χ3v) is 3.72. The van der Waals surface area contributed by atoms with Gasteiger partial charge in [-0.05, 0) is 43.2 Å². The van der Waals surface area contributed by atoms with E-state index in [0.717, 1.165) is 11.1 Å². The van der Waals surface area contributed by atoms with Crippen molar-refractivity contribution in [3.05, 3.63) is 57.2 Å². The SMILES string of the molecule is Cc1cc(C)c(NC(=O)Cn2c(=O)oc3cccnc32)c(Cl)c1. The molecule has 0 unspecified atom stereocenters. The van der Waals surface area contributed by atoms with Crippen LogP contribution >= 0.6 is 11.6 Å². The van der Waals surface area contributed by atoms with Crippen molar-refractivity contribution < 1.29 is 9.21 Å². The fourth-order valence-electron chi connectivity index (χ4n) is 2.44. The lowest BCUT2D eigenvalue weighted by Gasteiger charge is -2.11. The summed E-state index contributed by atoms with van der Waals surface area (Å²) in [4.78, 5) is 28.2. The fraction of sp³-hybridized carbons (Fsp3) is 0.188. The van der Waals surface area contributed by atoms with Gasteiger partial charge in [0, 0.05) is 6.20 Å². The first-order chi connectivity index (χ1) is 11.0. The zero-order valence-corrected chi connectivity index (χ0v) is 13.3. The second-order valence-corrected chi connectivity index (χ2v) is 5.67. The van der Waals surface area contributed by atoms with E-state index < -0.39 is 5.76 Å². The number of benzene rings is 1. The van der Waals surface area contributed by atoms with Crippen LogP contribution in [-0.4, -0.2) is 15.5 Å². The van der Waals surface area contributed by atoms with Crippen molar-refractivity contribution in [2.24, 2.45) is 0 Å². The number of pyridine rings is 1. The minimum absolute atomic E-state index is 0.202. The summed E-state index contributed by atoms with van der Waals surface area (Å²) in [5, 5.41) is 3.19. The molecule has 1 amide bonds. The van der Waals surface area contributed by atoms with E-state index in [1.54, 1.807) is 18.2 Å². The number of amides is 1. The van der Waals surface area contributed by atoms with Crippen molar-refractivity contribution in [1.82, 2.24) is 9.55 Å². The highest BCUT2D eigenvalue weighted by molar-refractivity contribution is 6.34.